The van der Waals surface area contributed by atoms with Crippen LogP contribution < -0.4 is 5.32 Å². The molecule has 2 aromatic rings. The van der Waals surface area contributed by atoms with E-state index in [0.717, 1.165) is 4.88 Å². The second kappa shape index (κ2) is 13.0. The van der Waals surface area contributed by atoms with Crippen molar-refractivity contribution in [1.82, 2.24) is 9.21 Å². The normalized spacial score (nSPS) is 16.0. The number of thiophene rings is 1. The molecule has 0 aliphatic carbocycles. The van der Waals surface area contributed by atoms with Gasteiger partial charge in [-0.15, -0.1) is 11.3 Å². The molecule has 0 saturated carbocycles. The average molecular weight is 608 g/mol. The molecule has 0 bridgehead atoms. The lowest BCUT2D eigenvalue weighted by molar-refractivity contribution is -0.149. The Kier molecular flexibility index (Phi) is 9.66. The van der Waals surface area contributed by atoms with E-state index in [2.05, 4.69) is 5.32 Å². The molecule has 0 spiro atoms. The molecule has 1 N–H and O–H groups in total. The molecule has 4 rings (SSSR count). The number of ether oxygens (including phenoxy) is 3. The van der Waals surface area contributed by atoms with Gasteiger partial charge in [0.2, 0.25) is 10.0 Å². The maximum absolute atomic E-state index is 13.2. The molecule has 0 unspecified atom stereocenters. The first kappa shape index (κ1) is 30.5. The Morgan fingerprint density at radius 1 is 1.00 bits per heavy atom. The van der Waals surface area contributed by atoms with Gasteiger partial charge in [-0.05, 0) is 62.9 Å². The molecular formula is C27H33N3O9S2. The van der Waals surface area contributed by atoms with Gasteiger partial charge < -0.3 is 24.4 Å². The minimum atomic E-state index is -3.82. The maximum atomic E-state index is 13.2. The predicted octanol–water partition coefficient (Wildman–Crippen LogP) is 3.27. The number of nitrogens with zero attached hydrogens (tertiary/aromatic N) is 2. The van der Waals surface area contributed by atoms with Crippen LogP contribution in [0.4, 0.5) is 9.80 Å². The largest absolute Gasteiger partial charge is 0.466 e. The molecule has 2 aliphatic rings. The summed E-state index contributed by atoms with van der Waals surface area (Å²) in [5.74, 6) is -1.76. The summed E-state index contributed by atoms with van der Waals surface area (Å²) < 4.78 is 42.8. The van der Waals surface area contributed by atoms with Gasteiger partial charge in [0.25, 0.3) is 5.91 Å². The van der Waals surface area contributed by atoms with E-state index in [0.29, 0.717) is 36.4 Å². The van der Waals surface area contributed by atoms with Crippen LogP contribution in [-0.2, 0) is 42.0 Å². The van der Waals surface area contributed by atoms with E-state index in [-0.39, 0.29) is 60.8 Å². The Labute approximate surface area is 242 Å². The van der Waals surface area contributed by atoms with Crippen molar-refractivity contribution in [3.63, 3.8) is 0 Å². The van der Waals surface area contributed by atoms with Gasteiger partial charge in [0.15, 0.2) is 0 Å². The third-order valence-corrected chi connectivity index (χ3v) is 10.1. The van der Waals surface area contributed by atoms with Crippen molar-refractivity contribution in [2.24, 2.45) is 5.92 Å². The number of methoxy groups -OCH3 is 1. The molecule has 12 nitrogen and oxygen atoms in total. The molecule has 0 radical (unpaired) electrons. The Morgan fingerprint density at radius 3 is 2.27 bits per heavy atom. The smallest absolute Gasteiger partial charge is 0.410 e. The van der Waals surface area contributed by atoms with E-state index >= 15 is 0 Å². The molecule has 222 valence electrons. The van der Waals surface area contributed by atoms with Crippen molar-refractivity contribution in [3.05, 3.63) is 45.8 Å². The van der Waals surface area contributed by atoms with Gasteiger partial charge >= 0.3 is 18.0 Å². The number of carbonyl (C=O) groups is 4. The molecule has 1 fully saturated rings. The minimum Gasteiger partial charge on any atom is -0.466 e. The summed E-state index contributed by atoms with van der Waals surface area (Å²) in [4.78, 5) is 52.2. The zero-order chi connectivity index (χ0) is 29.7. The number of anilines is 1. The van der Waals surface area contributed by atoms with E-state index in [9.17, 15) is 27.6 Å². The second-order valence-corrected chi connectivity index (χ2v) is 12.5. The van der Waals surface area contributed by atoms with E-state index in [1.165, 1.54) is 51.9 Å². The molecule has 0 atom stereocenters. The molecular weight excluding hydrogens is 574 g/mol. The van der Waals surface area contributed by atoms with Gasteiger partial charge in [-0.25, -0.2) is 18.0 Å². The van der Waals surface area contributed by atoms with Crippen LogP contribution in [0, 0.1) is 5.92 Å². The fourth-order valence-electron chi connectivity index (χ4n) is 4.87. The molecule has 14 heteroatoms. The number of fused-ring (bicyclic) bond motifs is 1. The second-order valence-electron chi connectivity index (χ2n) is 9.48. The summed E-state index contributed by atoms with van der Waals surface area (Å²) in [6, 6.07) is 5.53. The third-order valence-electron chi connectivity index (χ3n) is 7.03. The number of hydrogen-bond acceptors (Lipinski definition) is 10. The average Bonchev–Trinajstić information content (AvgIpc) is 3.34. The van der Waals surface area contributed by atoms with Gasteiger partial charge in [0, 0.05) is 30.1 Å². The van der Waals surface area contributed by atoms with Crippen LogP contribution in [0.5, 0.6) is 0 Å². The first-order valence-corrected chi connectivity index (χ1v) is 15.6. The molecule has 1 saturated heterocycles. The Balaban J connectivity index is 1.47. The number of hydrogen-bond donors (Lipinski definition) is 1. The summed E-state index contributed by atoms with van der Waals surface area (Å²) in [5.41, 5.74) is 1.15. The van der Waals surface area contributed by atoms with Crippen LogP contribution >= 0.6 is 11.3 Å². The monoisotopic (exact) mass is 607 g/mol. The number of nitrogens with one attached hydrogen (secondary N) is 1. The van der Waals surface area contributed by atoms with Crippen LogP contribution in [-0.4, -0.2) is 81.5 Å². The van der Waals surface area contributed by atoms with Crippen molar-refractivity contribution in [3.8, 4) is 0 Å². The van der Waals surface area contributed by atoms with E-state index in [1.54, 1.807) is 13.8 Å². The number of carbonyl (C=O) groups excluding carboxylic acids is 4. The summed E-state index contributed by atoms with van der Waals surface area (Å²) in [6.45, 7) is 4.97. The third kappa shape index (κ3) is 6.54. The highest BCUT2D eigenvalue weighted by Crippen LogP contribution is 2.38. The van der Waals surface area contributed by atoms with Crippen molar-refractivity contribution in [2.45, 2.75) is 44.6 Å². The van der Waals surface area contributed by atoms with E-state index < -0.39 is 28.0 Å². The van der Waals surface area contributed by atoms with Gasteiger partial charge in [-0.3, -0.25) is 9.59 Å². The number of rotatable bonds is 8. The topological polar surface area (TPSA) is 149 Å². The molecule has 41 heavy (non-hydrogen) atoms. The lowest BCUT2D eigenvalue weighted by Gasteiger charge is -2.30. The number of amides is 2. The summed E-state index contributed by atoms with van der Waals surface area (Å²) in [5, 5.41) is 3.05. The molecule has 3 heterocycles. The fourth-order valence-corrected chi connectivity index (χ4v) is 7.59. The Morgan fingerprint density at radius 2 is 1.66 bits per heavy atom. The zero-order valence-electron chi connectivity index (χ0n) is 23.1. The van der Waals surface area contributed by atoms with Gasteiger partial charge in [-0.2, -0.15) is 4.31 Å². The van der Waals surface area contributed by atoms with Crippen LogP contribution in [0.2, 0.25) is 0 Å². The highest BCUT2D eigenvalue weighted by atomic mass is 32.2. The maximum Gasteiger partial charge on any atom is 0.410 e. The quantitative estimate of drug-likeness (QED) is 0.353. The van der Waals surface area contributed by atoms with Crippen molar-refractivity contribution in [1.29, 1.82) is 0 Å². The summed E-state index contributed by atoms with van der Waals surface area (Å²) >= 11 is 1.18. The van der Waals surface area contributed by atoms with Crippen LogP contribution in [0.1, 0.15) is 57.8 Å². The first-order valence-electron chi connectivity index (χ1n) is 13.3. The SMILES string of the molecule is CCOC(=O)C1CCN(S(=O)(=O)c2ccc(C(=O)Nc3sc4c(c3C(=O)OC)CCN(C(=O)OCC)C4)cc2)CC1. The fraction of sp³-hybridized carbons (Fsp3) is 0.481. The van der Waals surface area contributed by atoms with Crippen LogP contribution in [0.25, 0.3) is 0 Å². The van der Waals surface area contributed by atoms with Crippen molar-refractivity contribution >= 4 is 50.3 Å². The lowest BCUT2D eigenvalue weighted by atomic mass is 9.98. The molecule has 1 aromatic carbocycles. The number of benzene rings is 1. The molecule has 2 aliphatic heterocycles. The summed E-state index contributed by atoms with van der Waals surface area (Å²) in [7, 11) is -2.56. The van der Waals surface area contributed by atoms with Crippen LogP contribution in [0.3, 0.4) is 0 Å². The predicted molar refractivity (Wildman–Crippen MR) is 149 cm³/mol. The van der Waals surface area contributed by atoms with E-state index in [4.69, 9.17) is 14.2 Å². The van der Waals surface area contributed by atoms with Crippen molar-refractivity contribution < 1.29 is 41.8 Å². The molecule has 1 aromatic heterocycles. The van der Waals surface area contributed by atoms with Gasteiger partial charge in [0.1, 0.15) is 5.00 Å². The number of esters is 2. The zero-order valence-corrected chi connectivity index (χ0v) is 24.8. The highest BCUT2D eigenvalue weighted by Gasteiger charge is 2.34. The number of piperidine rings is 1. The Bertz CT molecular complexity index is 1410. The lowest BCUT2D eigenvalue weighted by Crippen LogP contribution is -2.40. The van der Waals surface area contributed by atoms with Gasteiger partial charge in [-0.1, -0.05) is 0 Å². The van der Waals surface area contributed by atoms with E-state index in [1.807, 2.05) is 0 Å². The standard InChI is InChI=1S/C27H33N3O9S2/c1-4-38-25(32)18-10-14-30(15-11-18)41(35,36)19-8-6-17(7-9-19)23(31)28-24-22(26(33)37-3)20-12-13-29(16-21(20)40-24)27(34)39-5-2/h6-9,18H,4-5,10-16H2,1-3H3,(H,28,31). The summed E-state index contributed by atoms with van der Waals surface area (Å²) in [6.07, 6.45) is 0.705. The number of sulfonamides is 1. The highest BCUT2D eigenvalue weighted by molar-refractivity contribution is 7.89. The minimum absolute atomic E-state index is 0.0320. The Hall–Kier alpha value is -3.49. The van der Waals surface area contributed by atoms with Gasteiger partial charge in [0.05, 0.1) is 43.2 Å². The van der Waals surface area contributed by atoms with Crippen molar-refractivity contribution in [2.75, 3.05) is 45.3 Å². The van der Waals surface area contributed by atoms with Crippen LogP contribution in [0.15, 0.2) is 29.2 Å². The molecule has 2 amide bonds. The first-order chi connectivity index (χ1) is 19.6.